The van der Waals surface area contributed by atoms with Crippen LogP contribution in [-0.4, -0.2) is 6.67 Å². The van der Waals surface area contributed by atoms with Crippen LogP contribution in [0.3, 0.4) is 0 Å². The van der Waals surface area contributed by atoms with E-state index in [1.807, 2.05) is 36.0 Å². The molecule has 0 aliphatic heterocycles. The molecule has 0 aliphatic carbocycles. The van der Waals surface area contributed by atoms with E-state index in [4.69, 9.17) is 0 Å². The minimum Gasteiger partial charge on any atom is -1.00 e. The number of hydrogen-bond acceptors (Lipinski definition) is 0. The summed E-state index contributed by atoms with van der Waals surface area (Å²) < 4.78 is 13.6. The van der Waals surface area contributed by atoms with E-state index in [1.165, 1.54) is 0 Å². The molecule has 0 bridgehead atoms. The SMILES string of the molecule is Cc1ccc[n+](CCF)c1.[Cl-]. The van der Waals surface area contributed by atoms with Gasteiger partial charge in [0.25, 0.3) is 0 Å². The zero-order valence-electron chi connectivity index (χ0n) is 6.43. The van der Waals surface area contributed by atoms with Crippen molar-refractivity contribution in [1.29, 1.82) is 0 Å². The highest BCUT2D eigenvalue weighted by atomic mass is 35.5. The second-order valence-electron chi connectivity index (χ2n) is 2.31. The Labute approximate surface area is 72.3 Å². The molecule has 0 unspecified atom stereocenters. The van der Waals surface area contributed by atoms with Crippen LogP contribution in [0.15, 0.2) is 24.5 Å². The molecule has 0 atom stereocenters. The molecule has 0 saturated heterocycles. The molecule has 0 aromatic carbocycles. The molecule has 0 fully saturated rings. The third-order valence-electron chi connectivity index (χ3n) is 1.35. The molecule has 1 heterocycles. The van der Waals surface area contributed by atoms with E-state index in [0.29, 0.717) is 6.54 Å². The van der Waals surface area contributed by atoms with Gasteiger partial charge >= 0.3 is 0 Å². The summed E-state index contributed by atoms with van der Waals surface area (Å²) in [6, 6.07) is 3.92. The van der Waals surface area contributed by atoms with Crippen molar-refractivity contribution in [2.24, 2.45) is 0 Å². The Hall–Kier alpha value is -0.630. The topological polar surface area (TPSA) is 3.88 Å². The largest absolute Gasteiger partial charge is 1.00 e. The fourth-order valence-corrected chi connectivity index (χ4v) is 0.890. The first kappa shape index (κ1) is 10.4. The maximum atomic E-state index is 11.8. The number of halogens is 2. The number of aryl methyl sites for hydroxylation is 2. The second-order valence-corrected chi connectivity index (χ2v) is 2.31. The molecule has 0 radical (unpaired) electrons. The molecule has 62 valence electrons. The zero-order valence-corrected chi connectivity index (χ0v) is 7.18. The quantitative estimate of drug-likeness (QED) is 0.470. The van der Waals surface area contributed by atoms with Gasteiger partial charge in [-0.25, -0.2) is 8.96 Å². The summed E-state index contributed by atoms with van der Waals surface area (Å²) in [4.78, 5) is 0. The Kier molecular flexibility index (Phi) is 4.79. The summed E-state index contributed by atoms with van der Waals surface area (Å²) in [6.45, 7) is 2.16. The third kappa shape index (κ3) is 3.33. The van der Waals surface area contributed by atoms with Gasteiger partial charge in [-0.3, -0.25) is 0 Å². The summed E-state index contributed by atoms with van der Waals surface area (Å²) in [6.07, 6.45) is 3.80. The lowest BCUT2D eigenvalue weighted by molar-refractivity contribution is -0.697. The molecule has 0 amide bonds. The van der Waals surface area contributed by atoms with Crippen LogP contribution >= 0.6 is 0 Å². The number of nitrogens with zero attached hydrogens (tertiary/aromatic N) is 1. The zero-order chi connectivity index (χ0) is 7.40. The second kappa shape index (κ2) is 5.08. The van der Waals surface area contributed by atoms with E-state index in [-0.39, 0.29) is 19.1 Å². The summed E-state index contributed by atoms with van der Waals surface area (Å²) >= 11 is 0. The van der Waals surface area contributed by atoms with Gasteiger partial charge in [0.2, 0.25) is 0 Å². The van der Waals surface area contributed by atoms with Gasteiger partial charge in [-0.1, -0.05) is 0 Å². The lowest BCUT2D eigenvalue weighted by Gasteiger charge is -1.91. The highest BCUT2D eigenvalue weighted by Gasteiger charge is 1.96. The summed E-state index contributed by atoms with van der Waals surface area (Å²) in [5.41, 5.74) is 1.16. The molecular weight excluding hydrogens is 165 g/mol. The van der Waals surface area contributed by atoms with Gasteiger partial charge in [-0.05, 0) is 13.0 Å². The highest BCUT2D eigenvalue weighted by molar-refractivity contribution is 5.01. The molecule has 1 rings (SSSR count). The molecule has 0 N–H and O–H groups in total. The van der Waals surface area contributed by atoms with Gasteiger partial charge < -0.3 is 12.4 Å². The summed E-state index contributed by atoms with van der Waals surface area (Å²) in [7, 11) is 0. The molecule has 0 spiro atoms. The molecule has 11 heavy (non-hydrogen) atoms. The van der Waals surface area contributed by atoms with Crippen molar-refractivity contribution < 1.29 is 21.4 Å². The molecule has 3 heteroatoms. The van der Waals surface area contributed by atoms with Gasteiger partial charge in [0.15, 0.2) is 18.9 Å². The Bertz CT molecular complexity index is 215. The van der Waals surface area contributed by atoms with E-state index in [9.17, 15) is 4.39 Å². The van der Waals surface area contributed by atoms with Crippen molar-refractivity contribution in [2.75, 3.05) is 6.67 Å². The maximum Gasteiger partial charge on any atom is 0.176 e. The molecule has 1 aromatic heterocycles. The van der Waals surface area contributed by atoms with Crippen molar-refractivity contribution in [3.8, 4) is 0 Å². The Morgan fingerprint density at radius 2 is 2.27 bits per heavy atom. The van der Waals surface area contributed by atoms with E-state index < -0.39 is 0 Å². The number of rotatable bonds is 2. The minimum absolute atomic E-state index is 0. The fourth-order valence-electron chi connectivity index (χ4n) is 0.890. The van der Waals surface area contributed by atoms with Crippen molar-refractivity contribution in [1.82, 2.24) is 0 Å². The van der Waals surface area contributed by atoms with E-state index in [0.717, 1.165) is 5.56 Å². The first-order valence-electron chi connectivity index (χ1n) is 3.34. The first-order valence-corrected chi connectivity index (χ1v) is 3.34. The predicted molar refractivity (Wildman–Crippen MR) is 37.3 cm³/mol. The van der Waals surface area contributed by atoms with Crippen LogP contribution in [0.1, 0.15) is 5.56 Å². The lowest BCUT2D eigenvalue weighted by atomic mass is 10.3. The van der Waals surface area contributed by atoms with Crippen LogP contribution in [0.5, 0.6) is 0 Å². The average Bonchev–Trinajstić information content (AvgIpc) is 1.88. The number of alkyl halides is 1. The van der Waals surface area contributed by atoms with E-state index in [2.05, 4.69) is 0 Å². The minimum atomic E-state index is -0.297. The maximum absolute atomic E-state index is 11.8. The van der Waals surface area contributed by atoms with Crippen LogP contribution in [0.4, 0.5) is 4.39 Å². The van der Waals surface area contributed by atoms with E-state index in [1.54, 1.807) is 0 Å². The predicted octanol–water partition coefficient (Wildman–Crippen LogP) is -1.74. The normalized spacial score (nSPS) is 8.91. The highest BCUT2D eigenvalue weighted by Crippen LogP contribution is 1.88. The third-order valence-corrected chi connectivity index (χ3v) is 1.35. The van der Waals surface area contributed by atoms with Crippen molar-refractivity contribution in [2.45, 2.75) is 13.5 Å². The van der Waals surface area contributed by atoms with Crippen molar-refractivity contribution in [3.05, 3.63) is 30.1 Å². The molecule has 1 aromatic rings. The summed E-state index contributed by atoms with van der Waals surface area (Å²) in [5, 5.41) is 0. The summed E-state index contributed by atoms with van der Waals surface area (Å²) in [5.74, 6) is 0. The van der Waals surface area contributed by atoms with Gasteiger partial charge in [0.05, 0.1) is 0 Å². The van der Waals surface area contributed by atoms with Crippen LogP contribution in [-0.2, 0) is 6.54 Å². The first-order chi connectivity index (χ1) is 4.83. The van der Waals surface area contributed by atoms with Crippen LogP contribution in [0, 0.1) is 6.92 Å². The van der Waals surface area contributed by atoms with E-state index >= 15 is 0 Å². The smallest absolute Gasteiger partial charge is 0.176 e. The van der Waals surface area contributed by atoms with Crippen molar-refractivity contribution in [3.63, 3.8) is 0 Å². The van der Waals surface area contributed by atoms with Crippen molar-refractivity contribution >= 4 is 0 Å². The van der Waals surface area contributed by atoms with Crippen LogP contribution in [0.25, 0.3) is 0 Å². The Morgan fingerprint density at radius 1 is 1.55 bits per heavy atom. The van der Waals surface area contributed by atoms with Gasteiger partial charge in [-0.15, -0.1) is 0 Å². The van der Waals surface area contributed by atoms with Gasteiger partial charge in [0.1, 0.15) is 6.67 Å². The molecule has 0 aliphatic rings. The molecular formula is C8H11ClFN. The van der Waals surface area contributed by atoms with Crippen LogP contribution < -0.4 is 17.0 Å². The monoisotopic (exact) mass is 175 g/mol. The number of hydrogen-bond donors (Lipinski definition) is 0. The number of aromatic nitrogens is 1. The Balaban J connectivity index is 0.000001000. The molecule has 1 nitrogen and oxygen atoms in total. The lowest BCUT2D eigenvalue weighted by Crippen LogP contribution is -3.00. The standard InChI is InChI=1S/C8H11FN.ClH/c1-8-3-2-5-10(7-8)6-4-9;/h2-3,5,7H,4,6H2,1H3;1H/q+1;/p-1. The fraction of sp³-hybridized carbons (Fsp3) is 0.375. The average molecular weight is 176 g/mol. The Morgan fingerprint density at radius 3 is 2.82 bits per heavy atom. The van der Waals surface area contributed by atoms with Gasteiger partial charge in [-0.2, -0.15) is 0 Å². The van der Waals surface area contributed by atoms with Gasteiger partial charge in [0, 0.05) is 11.6 Å². The number of pyridine rings is 1. The molecule has 0 saturated carbocycles. The van der Waals surface area contributed by atoms with Crippen LogP contribution in [0.2, 0.25) is 0 Å².